The van der Waals surface area contributed by atoms with Crippen LogP contribution in [0.15, 0.2) is 24.3 Å². The van der Waals surface area contributed by atoms with Gasteiger partial charge in [0.1, 0.15) is 6.10 Å². The highest BCUT2D eigenvalue weighted by atomic mass is 35.5. The first-order chi connectivity index (χ1) is 9.69. The molecule has 2 unspecified atom stereocenters. The smallest absolute Gasteiger partial charge is 0.338 e. The van der Waals surface area contributed by atoms with Crippen LogP contribution >= 0.6 is 11.6 Å². The van der Waals surface area contributed by atoms with Crippen molar-refractivity contribution in [2.24, 2.45) is 17.8 Å². The number of carbonyl (C=O) groups excluding carboxylic acids is 1. The lowest BCUT2D eigenvalue weighted by Gasteiger charge is -2.55. The Morgan fingerprint density at radius 2 is 1.75 bits per heavy atom. The van der Waals surface area contributed by atoms with Crippen LogP contribution in [0.25, 0.3) is 0 Å². The molecule has 5 rings (SSSR count). The van der Waals surface area contributed by atoms with Gasteiger partial charge in [0.25, 0.3) is 0 Å². The molecular formula is C16H18ClNO2. The van der Waals surface area contributed by atoms with E-state index in [1.807, 2.05) is 0 Å². The minimum absolute atomic E-state index is 0.117. The monoisotopic (exact) mass is 291 g/mol. The van der Waals surface area contributed by atoms with E-state index in [-0.39, 0.29) is 12.1 Å². The van der Waals surface area contributed by atoms with E-state index in [1.165, 1.54) is 19.4 Å². The van der Waals surface area contributed by atoms with Gasteiger partial charge >= 0.3 is 5.97 Å². The summed E-state index contributed by atoms with van der Waals surface area (Å²) in [6.07, 6.45) is 2.57. The molecule has 0 spiro atoms. The molecule has 0 N–H and O–H groups in total. The van der Waals surface area contributed by atoms with Crippen LogP contribution in [0.3, 0.4) is 0 Å². The minimum atomic E-state index is -0.200. The van der Waals surface area contributed by atoms with Gasteiger partial charge in [-0.25, -0.2) is 4.79 Å². The van der Waals surface area contributed by atoms with E-state index in [2.05, 4.69) is 4.90 Å². The third kappa shape index (κ3) is 2.13. The number of nitrogens with zero attached hydrogens (tertiary/aromatic N) is 1. The molecule has 4 fully saturated rings. The highest BCUT2D eigenvalue weighted by molar-refractivity contribution is 6.30. The van der Waals surface area contributed by atoms with Gasteiger partial charge in [0, 0.05) is 36.5 Å². The van der Waals surface area contributed by atoms with Crippen molar-refractivity contribution in [2.75, 3.05) is 19.6 Å². The Balaban J connectivity index is 1.49. The van der Waals surface area contributed by atoms with Gasteiger partial charge < -0.3 is 9.64 Å². The van der Waals surface area contributed by atoms with E-state index in [9.17, 15) is 4.79 Å². The van der Waals surface area contributed by atoms with E-state index in [1.54, 1.807) is 24.3 Å². The maximum absolute atomic E-state index is 12.3. The first-order valence-corrected chi connectivity index (χ1v) is 7.76. The second-order valence-corrected chi connectivity index (χ2v) is 6.89. The van der Waals surface area contributed by atoms with Crippen molar-refractivity contribution in [3.63, 3.8) is 0 Å². The summed E-state index contributed by atoms with van der Waals surface area (Å²) < 4.78 is 5.84. The molecule has 1 saturated carbocycles. The zero-order chi connectivity index (χ0) is 13.7. The van der Waals surface area contributed by atoms with E-state index >= 15 is 0 Å². The molecule has 1 aromatic rings. The molecule has 0 aromatic heterocycles. The molecule has 3 aliphatic heterocycles. The fraction of sp³-hybridized carbons (Fsp3) is 0.562. The van der Waals surface area contributed by atoms with Crippen LogP contribution in [-0.2, 0) is 4.74 Å². The van der Waals surface area contributed by atoms with Crippen LogP contribution in [0.5, 0.6) is 0 Å². The number of piperidine rings is 3. The molecule has 0 radical (unpaired) electrons. The molecule has 4 bridgehead atoms. The molecule has 3 saturated heterocycles. The van der Waals surface area contributed by atoms with Gasteiger partial charge in [0.05, 0.1) is 5.56 Å². The molecule has 3 heterocycles. The van der Waals surface area contributed by atoms with Gasteiger partial charge in [0.2, 0.25) is 0 Å². The summed E-state index contributed by atoms with van der Waals surface area (Å²) >= 11 is 5.85. The predicted molar refractivity (Wildman–Crippen MR) is 76.8 cm³/mol. The number of hydrogen-bond donors (Lipinski definition) is 0. The Hall–Kier alpha value is -1.06. The lowest BCUT2D eigenvalue weighted by atomic mass is 9.66. The molecule has 0 amide bonds. The maximum Gasteiger partial charge on any atom is 0.338 e. The Morgan fingerprint density at radius 1 is 1.10 bits per heavy atom. The van der Waals surface area contributed by atoms with Crippen LogP contribution in [-0.4, -0.2) is 36.6 Å². The van der Waals surface area contributed by atoms with Crippen molar-refractivity contribution >= 4 is 17.6 Å². The third-order valence-electron chi connectivity index (χ3n) is 5.03. The second kappa shape index (κ2) is 4.74. The highest BCUT2D eigenvalue weighted by Gasteiger charge is 2.49. The Labute approximate surface area is 123 Å². The van der Waals surface area contributed by atoms with Crippen molar-refractivity contribution in [3.8, 4) is 0 Å². The second-order valence-electron chi connectivity index (χ2n) is 6.45. The van der Waals surface area contributed by atoms with E-state index in [4.69, 9.17) is 16.3 Å². The zero-order valence-corrected chi connectivity index (χ0v) is 12.1. The van der Waals surface area contributed by atoms with Gasteiger partial charge in [-0.05, 0) is 43.0 Å². The van der Waals surface area contributed by atoms with Crippen LogP contribution in [0.1, 0.15) is 23.2 Å². The number of carbonyl (C=O) groups is 1. The largest absolute Gasteiger partial charge is 0.458 e. The Morgan fingerprint density at radius 3 is 2.35 bits per heavy atom. The van der Waals surface area contributed by atoms with Gasteiger partial charge in [-0.3, -0.25) is 0 Å². The summed E-state index contributed by atoms with van der Waals surface area (Å²) in [5.74, 6) is 1.71. The number of benzene rings is 1. The van der Waals surface area contributed by atoms with Gasteiger partial charge in [-0.15, -0.1) is 0 Å². The van der Waals surface area contributed by atoms with Crippen LogP contribution in [0, 0.1) is 17.8 Å². The summed E-state index contributed by atoms with van der Waals surface area (Å²) in [6.45, 7) is 3.46. The standard InChI is InChI=1S/C16H18ClNO2/c17-14-3-1-11(2-4-14)16(19)20-15-12-5-10-6-13(15)9-18(7-10)8-12/h1-4,10,12-13,15H,5-9H2. The molecule has 20 heavy (non-hydrogen) atoms. The molecule has 106 valence electrons. The first-order valence-electron chi connectivity index (χ1n) is 7.38. The van der Waals surface area contributed by atoms with Crippen molar-refractivity contribution in [3.05, 3.63) is 34.9 Å². The molecule has 4 aliphatic rings. The Bertz CT molecular complexity index is 500. The molecule has 2 atom stereocenters. The van der Waals surface area contributed by atoms with Crippen LogP contribution in [0.2, 0.25) is 5.02 Å². The average Bonchev–Trinajstić information content (AvgIpc) is 2.42. The predicted octanol–water partition coefficient (Wildman–Crippen LogP) is 2.84. The quantitative estimate of drug-likeness (QED) is 0.785. The normalized spacial score (nSPS) is 38.0. The van der Waals surface area contributed by atoms with Crippen molar-refractivity contribution < 1.29 is 9.53 Å². The summed E-state index contributed by atoms with van der Waals surface area (Å²) in [5, 5.41) is 0.643. The van der Waals surface area contributed by atoms with Gasteiger partial charge in [-0.1, -0.05) is 11.6 Å². The number of ether oxygens (including phenoxy) is 1. The van der Waals surface area contributed by atoms with E-state index in [0.29, 0.717) is 22.4 Å². The highest BCUT2D eigenvalue weighted by Crippen LogP contribution is 2.44. The molecule has 4 heteroatoms. The van der Waals surface area contributed by atoms with Crippen molar-refractivity contribution in [1.29, 1.82) is 0 Å². The SMILES string of the molecule is O=C(OC1C2CC3CC1CN(C3)C2)c1ccc(Cl)cc1. The fourth-order valence-corrected chi connectivity index (χ4v) is 4.46. The first kappa shape index (κ1) is 12.7. The molecule has 1 aliphatic carbocycles. The van der Waals surface area contributed by atoms with Crippen molar-refractivity contribution in [1.82, 2.24) is 4.90 Å². The topological polar surface area (TPSA) is 29.5 Å². The summed E-state index contributed by atoms with van der Waals surface area (Å²) in [7, 11) is 0. The summed E-state index contributed by atoms with van der Waals surface area (Å²) in [6, 6.07) is 6.95. The third-order valence-corrected chi connectivity index (χ3v) is 5.28. The lowest BCUT2D eigenvalue weighted by molar-refractivity contribution is -0.116. The molecular weight excluding hydrogens is 274 g/mol. The van der Waals surface area contributed by atoms with Crippen LogP contribution < -0.4 is 0 Å². The number of halogens is 1. The Kier molecular flexibility index (Phi) is 3.00. The number of esters is 1. The summed E-state index contributed by atoms with van der Waals surface area (Å²) in [4.78, 5) is 14.8. The zero-order valence-electron chi connectivity index (χ0n) is 11.3. The van der Waals surface area contributed by atoms with Crippen LogP contribution in [0.4, 0.5) is 0 Å². The maximum atomic E-state index is 12.3. The lowest BCUT2D eigenvalue weighted by Crippen LogP contribution is -2.60. The average molecular weight is 292 g/mol. The van der Waals surface area contributed by atoms with E-state index in [0.717, 1.165) is 19.0 Å². The summed E-state index contributed by atoms with van der Waals surface area (Å²) in [5.41, 5.74) is 0.600. The van der Waals surface area contributed by atoms with Crippen molar-refractivity contribution in [2.45, 2.75) is 18.9 Å². The fourth-order valence-electron chi connectivity index (χ4n) is 4.33. The molecule has 1 aromatic carbocycles. The van der Waals surface area contributed by atoms with Gasteiger partial charge in [-0.2, -0.15) is 0 Å². The molecule has 3 nitrogen and oxygen atoms in total. The van der Waals surface area contributed by atoms with Gasteiger partial charge in [0.15, 0.2) is 0 Å². The number of rotatable bonds is 2. The number of hydrogen-bond acceptors (Lipinski definition) is 3. The van der Waals surface area contributed by atoms with E-state index < -0.39 is 0 Å². The minimum Gasteiger partial charge on any atom is -0.458 e.